The number of hydrogen-bond donors (Lipinski definition) is 1. The third-order valence-corrected chi connectivity index (χ3v) is 5.04. The van der Waals surface area contributed by atoms with Crippen LogP contribution in [0.25, 0.3) is 0 Å². The number of nitrogens with one attached hydrogen (secondary N) is 1. The van der Waals surface area contributed by atoms with E-state index in [0.29, 0.717) is 12.1 Å². The molecule has 0 aromatic heterocycles. The van der Waals surface area contributed by atoms with E-state index in [1.807, 2.05) is 0 Å². The highest BCUT2D eigenvalue weighted by atomic mass is 15.2. The topological polar surface area (TPSA) is 15.3 Å². The van der Waals surface area contributed by atoms with Crippen molar-refractivity contribution in [2.24, 2.45) is 5.92 Å². The molecule has 0 saturated carbocycles. The minimum Gasteiger partial charge on any atom is -0.314 e. The summed E-state index contributed by atoms with van der Waals surface area (Å²) in [5.74, 6) is 0.720. The van der Waals surface area contributed by atoms with Crippen LogP contribution < -0.4 is 5.32 Å². The smallest absolute Gasteiger partial charge is 0.0239 e. The molecule has 0 radical (unpaired) electrons. The van der Waals surface area contributed by atoms with E-state index in [2.05, 4.69) is 62.2 Å². The minimum absolute atomic E-state index is 0.651. The van der Waals surface area contributed by atoms with Crippen molar-refractivity contribution < 1.29 is 0 Å². The monoisotopic (exact) mass is 274 g/mol. The molecule has 2 heteroatoms. The van der Waals surface area contributed by atoms with Crippen LogP contribution in [0.1, 0.15) is 45.2 Å². The number of rotatable bonds is 5. The van der Waals surface area contributed by atoms with E-state index in [0.717, 1.165) is 25.4 Å². The van der Waals surface area contributed by atoms with Crippen LogP contribution in [0.4, 0.5) is 0 Å². The Kier molecular flexibility index (Phi) is 5.62. The molecule has 1 saturated heterocycles. The highest BCUT2D eigenvalue weighted by Crippen LogP contribution is 2.26. The molecular weight excluding hydrogens is 244 g/mol. The molecule has 0 amide bonds. The van der Waals surface area contributed by atoms with Crippen LogP contribution in [0, 0.1) is 5.92 Å². The van der Waals surface area contributed by atoms with E-state index in [1.165, 1.54) is 24.1 Å². The normalized spacial score (nSPS) is 27.7. The Labute approximate surface area is 124 Å². The SMILES string of the molecule is CCNC1CCN(Cc2ccccc2CC)C(C)C1C. The lowest BCUT2D eigenvalue weighted by Gasteiger charge is -2.43. The van der Waals surface area contributed by atoms with Crippen LogP contribution in [0.2, 0.25) is 0 Å². The quantitative estimate of drug-likeness (QED) is 0.884. The lowest BCUT2D eigenvalue weighted by molar-refractivity contribution is 0.0788. The van der Waals surface area contributed by atoms with Crippen LogP contribution in [-0.2, 0) is 13.0 Å². The molecule has 1 aliphatic rings. The summed E-state index contributed by atoms with van der Waals surface area (Å²) in [5.41, 5.74) is 3.01. The van der Waals surface area contributed by atoms with Crippen molar-refractivity contribution >= 4 is 0 Å². The lowest BCUT2D eigenvalue weighted by atomic mass is 9.86. The van der Waals surface area contributed by atoms with Crippen LogP contribution >= 0.6 is 0 Å². The third-order valence-electron chi connectivity index (χ3n) is 5.04. The second-order valence-electron chi connectivity index (χ2n) is 6.15. The fourth-order valence-electron chi connectivity index (χ4n) is 3.49. The molecular formula is C18H30N2. The summed E-state index contributed by atoms with van der Waals surface area (Å²) in [7, 11) is 0. The summed E-state index contributed by atoms with van der Waals surface area (Å²) in [5, 5.41) is 3.64. The maximum atomic E-state index is 3.64. The lowest BCUT2D eigenvalue weighted by Crippen LogP contribution is -2.52. The number of likely N-dealkylation sites (tertiary alicyclic amines) is 1. The van der Waals surface area contributed by atoms with E-state index in [9.17, 15) is 0 Å². The predicted molar refractivity (Wildman–Crippen MR) is 86.9 cm³/mol. The fraction of sp³-hybridized carbons (Fsp3) is 0.667. The highest BCUT2D eigenvalue weighted by molar-refractivity contribution is 5.27. The highest BCUT2D eigenvalue weighted by Gasteiger charge is 2.31. The summed E-state index contributed by atoms with van der Waals surface area (Å²) >= 11 is 0. The van der Waals surface area contributed by atoms with Crippen molar-refractivity contribution in [1.29, 1.82) is 0 Å². The summed E-state index contributed by atoms with van der Waals surface area (Å²) in [6, 6.07) is 10.2. The van der Waals surface area contributed by atoms with Gasteiger partial charge in [0.25, 0.3) is 0 Å². The number of hydrogen-bond acceptors (Lipinski definition) is 2. The molecule has 3 unspecified atom stereocenters. The van der Waals surface area contributed by atoms with E-state index in [-0.39, 0.29) is 0 Å². The molecule has 0 aliphatic carbocycles. The van der Waals surface area contributed by atoms with Gasteiger partial charge < -0.3 is 5.32 Å². The van der Waals surface area contributed by atoms with E-state index in [4.69, 9.17) is 0 Å². The van der Waals surface area contributed by atoms with Gasteiger partial charge in [-0.2, -0.15) is 0 Å². The molecule has 1 aromatic carbocycles. The number of aryl methyl sites for hydroxylation is 1. The maximum absolute atomic E-state index is 3.64. The first-order valence-corrected chi connectivity index (χ1v) is 8.21. The first-order chi connectivity index (χ1) is 9.67. The molecule has 112 valence electrons. The van der Waals surface area contributed by atoms with Crippen LogP contribution in [-0.4, -0.2) is 30.1 Å². The third kappa shape index (κ3) is 3.42. The molecule has 1 heterocycles. The van der Waals surface area contributed by atoms with Gasteiger partial charge in [0.05, 0.1) is 0 Å². The van der Waals surface area contributed by atoms with E-state index in [1.54, 1.807) is 0 Å². The van der Waals surface area contributed by atoms with Gasteiger partial charge in [0.15, 0.2) is 0 Å². The number of benzene rings is 1. The fourth-order valence-corrected chi connectivity index (χ4v) is 3.49. The molecule has 0 spiro atoms. The molecule has 20 heavy (non-hydrogen) atoms. The molecule has 0 bridgehead atoms. The zero-order valence-corrected chi connectivity index (χ0v) is 13.5. The average Bonchev–Trinajstić information content (AvgIpc) is 2.47. The van der Waals surface area contributed by atoms with E-state index >= 15 is 0 Å². The minimum atomic E-state index is 0.651. The summed E-state index contributed by atoms with van der Waals surface area (Å²) in [4.78, 5) is 2.66. The Morgan fingerprint density at radius 3 is 2.50 bits per heavy atom. The van der Waals surface area contributed by atoms with E-state index < -0.39 is 0 Å². The molecule has 1 fully saturated rings. The zero-order valence-electron chi connectivity index (χ0n) is 13.5. The van der Waals surface area contributed by atoms with Crippen molar-refractivity contribution in [2.75, 3.05) is 13.1 Å². The molecule has 1 aromatic rings. The van der Waals surface area contributed by atoms with Crippen molar-refractivity contribution in [3.05, 3.63) is 35.4 Å². The van der Waals surface area contributed by atoms with Gasteiger partial charge in [-0.3, -0.25) is 4.90 Å². The van der Waals surface area contributed by atoms with Crippen LogP contribution in [0.5, 0.6) is 0 Å². The van der Waals surface area contributed by atoms with Gasteiger partial charge in [0.2, 0.25) is 0 Å². The zero-order chi connectivity index (χ0) is 14.5. The molecule has 2 rings (SSSR count). The summed E-state index contributed by atoms with van der Waals surface area (Å²) in [6.45, 7) is 12.7. The van der Waals surface area contributed by atoms with Gasteiger partial charge in [0.1, 0.15) is 0 Å². The Hall–Kier alpha value is -0.860. The van der Waals surface area contributed by atoms with Gasteiger partial charge >= 0.3 is 0 Å². The first-order valence-electron chi connectivity index (χ1n) is 8.21. The Bertz CT molecular complexity index is 416. The second-order valence-corrected chi connectivity index (χ2v) is 6.15. The Morgan fingerprint density at radius 1 is 1.15 bits per heavy atom. The van der Waals surface area contributed by atoms with Crippen LogP contribution in [0.3, 0.4) is 0 Å². The van der Waals surface area contributed by atoms with Gasteiger partial charge in [-0.25, -0.2) is 0 Å². The van der Waals surface area contributed by atoms with Gasteiger partial charge in [-0.1, -0.05) is 45.0 Å². The second kappa shape index (κ2) is 7.24. The molecule has 3 atom stereocenters. The Morgan fingerprint density at radius 2 is 1.85 bits per heavy atom. The first kappa shape index (κ1) is 15.5. The van der Waals surface area contributed by atoms with Crippen molar-refractivity contribution in [3.63, 3.8) is 0 Å². The van der Waals surface area contributed by atoms with Crippen LogP contribution in [0.15, 0.2) is 24.3 Å². The average molecular weight is 274 g/mol. The van der Waals surface area contributed by atoms with Gasteiger partial charge in [-0.05, 0) is 43.4 Å². The van der Waals surface area contributed by atoms with Crippen molar-refractivity contribution in [3.8, 4) is 0 Å². The number of nitrogens with zero attached hydrogens (tertiary/aromatic N) is 1. The van der Waals surface area contributed by atoms with Gasteiger partial charge in [-0.15, -0.1) is 0 Å². The van der Waals surface area contributed by atoms with Crippen molar-refractivity contribution in [1.82, 2.24) is 10.2 Å². The standard InChI is InChI=1S/C18H30N2/c1-5-16-9-7-8-10-17(16)13-20-12-11-18(19-6-2)14(3)15(20)4/h7-10,14-15,18-19H,5-6,11-13H2,1-4H3. The largest absolute Gasteiger partial charge is 0.314 e. The molecule has 1 N–H and O–H groups in total. The van der Waals surface area contributed by atoms with Gasteiger partial charge in [0, 0.05) is 25.2 Å². The maximum Gasteiger partial charge on any atom is 0.0239 e. The molecule has 1 aliphatic heterocycles. The summed E-state index contributed by atoms with van der Waals surface area (Å²) in [6.07, 6.45) is 2.40. The Balaban J connectivity index is 2.03. The summed E-state index contributed by atoms with van der Waals surface area (Å²) < 4.78 is 0. The molecule has 2 nitrogen and oxygen atoms in total. The predicted octanol–water partition coefficient (Wildman–Crippen LogP) is 3.46. The van der Waals surface area contributed by atoms with Crippen molar-refractivity contribution in [2.45, 2.75) is 59.2 Å². The number of piperidine rings is 1.